The van der Waals surface area contributed by atoms with E-state index in [1.165, 1.54) is 11.3 Å². The topological polar surface area (TPSA) is 41.0 Å². The minimum absolute atomic E-state index is 0.320. The fraction of sp³-hybridized carbons (Fsp3) is 0.412. The smallest absolute Gasteiger partial charge is 0.138 e. The van der Waals surface area contributed by atoms with Crippen molar-refractivity contribution >= 4 is 17.3 Å². The second kappa shape index (κ2) is 5.72. The molecule has 0 amide bonds. The Labute approximate surface area is 126 Å². The standard InChI is InChI=1S/C17H22N4/c1-4-18-15-11-16(20-17(19-15)12(2)3)21-10-9-13-7-5-6-8-14(13)21/h5-8,11-12H,4,9-10H2,1-3H3,(H,18,19,20). The van der Waals surface area contributed by atoms with Gasteiger partial charge in [-0.25, -0.2) is 9.97 Å². The Morgan fingerprint density at radius 3 is 2.81 bits per heavy atom. The number of benzene rings is 1. The van der Waals surface area contributed by atoms with E-state index < -0.39 is 0 Å². The fourth-order valence-corrected chi connectivity index (χ4v) is 2.70. The molecule has 4 heteroatoms. The number of fused-ring (bicyclic) bond motifs is 1. The SMILES string of the molecule is CCNc1cc(N2CCc3ccccc32)nc(C(C)C)n1. The number of nitrogens with zero attached hydrogens (tertiary/aromatic N) is 3. The van der Waals surface area contributed by atoms with Crippen LogP contribution >= 0.6 is 0 Å². The van der Waals surface area contributed by atoms with E-state index in [9.17, 15) is 0 Å². The van der Waals surface area contributed by atoms with Crippen LogP contribution in [-0.2, 0) is 6.42 Å². The van der Waals surface area contributed by atoms with Crippen LogP contribution in [0.25, 0.3) is 0 Å². The summed E-state index contributed by atoms with van der Waals surface area (Å²) in [7, 11) is 0. The molecule has 1 aliphatic heterocycles. The summed E-state index contributed by atoms with van der Waals surface area (Å²) in [5.74, 6) is 3.12. The van der Waals surface area contributed by atoms with Crippen LogP contribution in [0.15, 0.2) is 30.3 Å². The lowest BCUT2D eigenvalue weighted by Crippen LogP contribution is -2.17. The molecule has 0 atom stereocenters. The number of hydrogen-bond donors (Lipinski definition) is 1. The molecule has 0 bridgehead atoms. The molecule has 3 rings (SSSR count). The third-order valence-electron chi connectivity index (χ3n) is 3.77. The van der Waals surface area contributed by atoms with Gasteiger partial charge in [0.15, 0.2) is 0 Å². The Balaban J connectivity index is 2.02. The number of anilines is 3. The molecule has 2 aromatic rings. The largest absolute Gasteiger partial charge is 0.370 e. The lowest BCUT2D eigenvalue weighted by atomic mass is 10.2. The second-order valence-electron chi connectivity index (χ2n) is 5.68. The molecular weight excluding hydrogens is 260 g/mol. The third-order valence-corrected chi connectivity index (χ3v) is 3.77. The van der Waals surface area contributed by atoms with Crippen molar-refractivity contribution in [3.63, 3.8) is 0 Å². The zero-order valence-corrected chi connectivity index (χ0v) is 12.9. The molecule has 0 unspecified atom stereocenters. The van der Waals surface area contributed by atoms with Crippen molar-refractivity contribution in [2.75, 3.05) is 23.3 Å². The average molecular weight is 282 g/mol. The van der Waals surface area contributed by atoms with Crippen LogP contribution < -0.4 is 10.2 Å². The van der Waals surface area contributed by atoms with Gasteiger partial charge in [0.2, 0.25) is 0 Å². The highest BCUT2D eigenvalue weighted by Gasteiger charge is 2.22. The summed E-state index contributed by atoms with van der Waals surface area (Å²) in [6.45, 7) is 8.20. The predicted molar refractivity (Wildman–Crippen MR) is 87.4 cm³/mol. The lowest BCUT2D eigenvalue weighted by Gasteiger charge is -2.20. The minimum atomic E-state index is 0.320. The van der Waals surface area contributed by atoms with E-state index in [1.54, 1.807) is 0 Å². The van der Waals surface area contributed by atoms with Crippen molar-refractivity contribution in [3.8, 4) is 0 Å². The molecule has 1 aliphatic rings. The van der Waals surface area contributed by atoms with Gasteiger partial charge in [0.1, 0.15) is 17.5 Å². The zero-order chi connectivity index (χ0) is 14.8. The van der Waals surface area contributed by atoms with Gasteiger partial charge in [0, 0.05) is 30.8 Å². The molecule has 1 aromatic heterocycles. The highest BCUT2D eigenvalue weighted by Crippen LogP contribution is 2.34. The van der Waals surface area contributed by atoms with Crippen molar-refractivity contribution in [1.82, 2.24) is 9.97 Å². The van der Waals surface area contributed by atoms with E-state index >= 15 is 0 Å². The van der Waals surface area contributed by atoms with Crippen LogP contribution in [0.1, 0.15) is 38.1 Å². The van der Waals surface area contributed by atoms with Crippen LogP contribution in [0.5, 0.6) is 0 Å². The molecule has 4 nitrogen and oxygen atoms in total. The Kier molecular flexibility index (Phi) is 3.78. The van der Waals surface area contributed by atoms with Gasteiger partial charge in [0.25, 0.3) is 0 Å². The monoisotopic (exact) mass is 282 g/mol. The van der Waals surface area contributed by atoms with Crippen LogP contribution in [-0.4, -0.2) is 23.1 Å². The van der Waals surface area contributed by atoms with Crippen LogP contribution in [0.4, 0.5) is 17.3 Å². The van der Waals surface area contributed by atoms with Crippen molar-refractivity contribution in [2.45, 2.75) is 33.1 Å². The van der Waals surface area contributed by atoms with Crippen molar-refractivity contribution in [3.05, 3.63) is 41.7 Å². The maximum Gasteiger partial charge on any atom is 0.138 e. The predicted octanol–water partition coefficient (Wildman–Crippen LogP) is 3.73. The van der Waals surface area contributed by atoms with E-state index in [-0.39, 0.29) is 0 Å². The number of aromatic nitrogens is 2. The van der Waals surface area contributed by atoms with E-state index in [2.05, 4.69) is 66.3 Å². The molecule has 0 aliphatic carbocycles. The van der Waals surface area contributed by atoms with Gasteiger partial charge >= 0.3 is 0 Å². The van der Waals surface area contributed by atoms with Crippen molar-refractivity contribution in [1.29, 1.82) is 0 Å². The van der Waals surface area contributed by atoms with Gasteiger partial charge in [-0.05, 0) is 25.0 Å². The summed E-state index contributed by atoms with van der Waals surface area (Å²) in [5.41, 5.74) is 2.67. The van der Waals surface area contributed by atoms with Crippen molar-refractivity contribution in [2.24, 2.45) is 0 Å². The lowest BCUT2D eigenvalue weighted by molar-refractivity contribution is 0.770. The molecule has 0 saturated carbocycles. The number of para-hydroxylation sites is 1. The molecule has 0 fully saturated rings. The quantitative estimate of drug-likeness (QED) is 0.927. The normalized spacial score (nSPS) is 13.6. The first kappa shape index (κ1) is 13.9. The first-order valence-corrected chi connectivity index (χ1v) is 7.67. The summed E-state index contributed by atoms with van der Waals surface area (Å²) in [4.78, 5) is 11.7. The Bertz CT molecular complexity index is 636. The van der Waals surface area contributed by atoms with Gasteiger partial charge in [-0.2, -0.15) is 0 Å². The van der Waals surface area contributed by atoms with Gasteiger partial charge in [-0.1, -0.05) is 32.0 Å². The van der Waals surface area contributed by atoms with Gasteiger partial charge in [-0.3, -0.25) is 0 Å². The molecule has 110 valence electrons. The maximum atomic E-state index is 4.77. The van der Waals surface area contributed by atoms with Gasteiger partial charge in [0.05, 0.1) is 0 Å². The van der Waals surface area contributed by atoms with Crippen LogP contribution in [0.2, 0.25) is 0 Å². The third kappa shape index (κ3) is 2.71. The second-order valence-corrected chi connectivity index (χ2v) is 5.68. The average Bonchev–Trinajstić information content (AvgIpc) is 2.91. The van der Waals surface area contributed by atoms with Gasteiger partial charge in [-0.15, -0.1) is 0 Å². The van der Waals surface area contributed by atoms with Crippen molar-refractivity contribution < 1.29 is 0 Å². The van der Waals surface area contributed by atoms with E-state index in [4.69, 9.17) is 4.98 Å². The molecule has 1 aromatic carbocycles. The van der Waals surface area contributed by atoms with E-state index in [0.717, 1.165) is 37.0 Å². The molecule has 0 radical (unpaired) electrons. The molecular formula is C17H22N4. The maximum absolute atomic E-state index is 4.77. The summed E-state index contributed by atoms with van der Waals surface area (Å²) < 4.78 is 0. The summed E-state index contributed by atoms with van der Waals surface area (Å²) in [5, 5.41) is 3.31. The number of hydrogen-bond acceptors (Lipinski definition) is 4. The first-order valence-electron chi connectivity index (χ1n) is 7.67. The van der Waals surface area contributed by atoms with E-state index in [1.807, 2.05) is 0 Å². The van der Waals surface area contributed by atoms with Crippen LogP contribution in [0.3, 0.4) is 0 Å². The highest BCUT2D eigenvalue weighted by atomic mass is 15.2. The zero-order valence-electron chi connectivity index (χ0n) is 12.9. The summed E-state index contributed by atoms with van der Waals surface area (Å²) in [6.07, 6.45) is 1.08. The van der Waals surface area contributed by atoms with Crippen LogP contribution in [0, 0.1) is 0 Å². The van der Waals surface area contributed by atoms with Gasteiger partial charge < -0.3 is 10.2 Å². The molecule has 1 N–H and O–H groups in total. The summed E-state index contributed by atoms with van der Waals surface area (Å²) in [6, 6.07) is 10.6. The summed E-state index contributed by atoms with van der Waals surface area (Å²) >= 11 is 0. The molecule has 21 heavy (non-hydrogen) atoms. The Hall–Kier alpha value is -2.10. The Morgan fingerprint density at radius 2 is 2.05 bits per heavy atom. The Morgan fingerprint density at radius 1 is 1.24 bits per heavy atom. The highest BCUT2D eigenvalue weighted by molar-refractivity contribution is 5.69. The molecule has 0 spiro atoms. The minimum Gasteiger partial charge on any atom is -0.370 e. The molecule has 2 heterocycles. The first-order chi connectivity index (χ1) is 10.2. The number of rotatable bonds is 4. The number of nitrogens with one attached hydrogen (secondary N) is 1. The fourth-order valence-electron chi connectivity index (χ4n) is 2.70. The van der Waals surface area contributed by atoms with E-state index in [0.29, 0.717) is 5.92 Å². The molecule has 0 saturated heterocycles.